The van der Waals surface area contributed by atoms with Gasteiger partial charge in [-0.25, -0.2) is 13.4 Å². The van der Waals surface area contributed by atoms with Gasteiger partial charge in [0.25, 0.3) is 0 Å². The Hall–Kier alpha value is -3.77. The van der Waals surface area contributed by atoms with E-state index in [1.165, 1.54) is 22.7 Å². The molecule has 1 fully saturated rings. The molecule has 10 nitrogen and oxygen atoms in total. The zero-order chi connectivity index (χ0) is 30.7. The van der Waals surface area contributed by atoms with E-state index >= 15 is 0 Å². The number of nitrogens with zero attached hydrogens (tertiary/aromatic N) is 4. The molecule has 3 heterocycles. The largest absolute Gasteiger partial charge is 0.487 e. The van der Waals surface area contributed by atoms with E-state index in [1.807, 2.05) is 32.0 Å². The van der Waals surface area contributed by atoms with Crippen LogP contribution in [0.1, 0.15) is 40.9 Å². The second-order valence-electron chi connectivity index (χ2n) is 10.2. The van der Waals surface area contributed by atoms with Crippen LogP contribution in [0.3, 0.4) is 0 Å². The number of hydrazone groups is 1. The third-order valence-corrected chi connectivity index (χ3v) is 10.1. The summed E-state index contributed by atoms with van der Waals surface area (Å²) in [5, 5.41) is 7.41. The van der Waals surface area contributed by atoms with Gasteiger partial charge in [0.2, 0.25) is 15.9 Å². The van der Waals surface area contributed by atoms with Crippen LogP contribution in [0.15, 0.2) is 64.7 Å². The number of aryl methyl sites for hydroxylation is 2. The molecular formula is C30H30Cl2N6O4S. The normalized spacial score (nSPS) is 15.8. The van der Waals surface area contributed by atoms with Crippen molar-refractivity contribution in [2.24, 2.45) is 10.9 Å². The predicted octanol–water partition coefficient (Wildman–Crippen LogP) is 4.89. The van der Waals surface area contributed by atoms with Gasteiger partial charge in [0.1, 0.15) is 28.8 Å². The molecule has 1 saturated heterocycles. The number of carbonyl (C=O) groups is 1. The van der Waals surface area contributed by atoms with Crippen molar-refractivity contribution in [3.8, 4) is 5.75 Å². The van der Waals surface area contributed by atoms with Gasteiger partial charge in [-0.3, -0.25) is 9.78 Å². The number of amides is 1. The van der Waals surface area contributed by atoms with E-state index in [9.17, 15) is 13.2 Å². The number of hydrogen-bond acceptors (Lipinski definition) is 8. The summed E-state index contributed by atoms with van der Waals surface area (Å²) in [5.74, 6) is 5.26. The van der Waals surface area contributed by atoms with Gasteiger partial charge in [0.05, 0.1) is 23.5 Å². The first kappa shape index (κ1) is 30.7. The third kappa shape index (κ3) is 6.45. The molecule has 0 unspecified atom stereocenters. The van der Waals surface area contributed by atoms with Gasteiger partial charge >= 0.3 is 0 Å². The Balaban J connectivity index is 1.35. The Morgan fingerprint density at radius 3 is 2.77 bits per heavy atom. The molecule has 2 aromatic heterocycles. The summed E-state index contributed by atoms with van der Waals surface area (Å²) in [6.45, 7) is 4.14. The monoisotopic (exact) mass is 640 g/mol. The maximum absolute atomic E-state index is 13.9. The minimum absolute atomic E-state index is 0.0515. The van der Waals surface area contributed by atoms with Crippen molar-refractivity contribution in [3.63, 3.8) is 0 Å². The highest BCUT2D eigenvalue weighted by Gasteiger charge is 2.40. The van der Waals surface area contributed by atoms with E-state index in [2.05, 4.69) is 20.4 Å². The Bertz CT molecular complexity index is 1820. The van der Waals surface area contributed by atoms with Crippen molar-refractivity contribution in [2.45, 2.75) is 50.8 Å². The van der Waals surface area contributed by atoms with Crippen LogP contribution in [-0.4, -0.2) is 47.4 Å². The lowest BCUT2D eigenvalue weighted by Gasteiger charge is -2.24. The molecule has 3 N–H and O–H groups in total. The van der Waals surface area contributed by atoms with E-state index in [4.69, 9.17) is 33.8 Å². The number of nitrogens with two attached hydrogens (primary N) is 1. The van der Waals surface area contributed by atoms with Crippen molar-refractivity contribution in [1.29, 1.82) is 0 Å². The highest BCUT2D eigenvalue weighted by Crippen LogP contribution is 2.36. The fourth-order valence-corrected chi connectivity index (χ4v) is 7.66. The summed E-state index contributed by atoms with van der Waals surface area (Å²) in [5.41, 5.74) is 4.24. The molecule has 0 aliphatic carbocycles. The Labute approximate surface area is 259 Å². The average Bonchev–Trinajstić information content (AvgIpc) is 3.48. The summed E-state index contributed by atoms with van der Waals surface area (Å²) in [7, 11) is -4.15. The molecule has 0 spiro atoms. The first-order valence-electron chi connectivity index (χ1n) is 13.5. The Kier molecular flexibility index (Phi) is 9.16. The summed E-state index contributed by atoms with van der Waals surface area (Å²) in [6, 6.07) is 13.1. The van der Waals surface area contributed by atoms with E-state index in [0.717, 1.165) is 16.6 Å². The SMILES string of the molecule is Cc1cc(C)c2cccc(OCc3c(Cl)ccc(S(=O)(=O)N4CCC[C@H]4C(=O)NCc4ccc(C=NN)cn4)c3Cl)c2n1. The third-order valence-electron chi connectivity index (χ3n) is 7.27. The molecule has 13 heteroatoms. The number of hydrogen-bond donors (Lipinski definition) is 2. The smallest absolute Gasteiger partial charge is 0.245 e. The fourth-order valence-electron chi connectivity index (χ4n) is 5.14. The van der Waals surface area contributed by atoms with Gasteiger partial charge < -0.3 is 15.9 Å². The first-order valence-corrected chi connectivity index (χ1v) is 15.7. The molecule has 1 aliphatic heterocycles. The fraction of sp³-hybridized carbons (Fsp3) is 0.267. The zero-order valence-electron chi connectivity index (χ0n) is 23.5. The summed E-state index contributed by atoms with van der Waals surface area (Å²) in [6.07, 6.45) is 3.93. The van der Waals surface area contributed by atoms with Gasteiger partial charge in [-0.05, 0) is 68.7 Å². The molecule has 224 valence electrons. The average molecular weight is 642 g/mol. The van der Waals surface area contributed by atoms with E-state index in [-0.39, 0.29) is 34.6 Å². The van der Waals surface area contributed by atoms with Crippen molar-refractivity contribution < 1.29 is 17.9 Å². The summed E-state index contributed by atoms with van der Waals surface area (Å²) >= 11 is 13.2. The molecule has 1 atom stereocenters. The molecule has 0 saturated carbocycles. The van der Waals surface area contributed by atoms with Crippen LogP contribution >= 0.6 is 23.2 Å². The number of fused-ring (bicyclic) bond motifs is 1. The highest BCUT2D eigenvalue weighted by atomic mass is 35.5. The van der Waals surface area contributed by atoms with Crippen LogP contribution in [0.5, 0.6) is 5.75 Å². The van der Waals surface area contributed by atoms with E-state index in [1.54, 1.807) is 24.4 Å². The minimum Gasteiger partial charge on any atom is -0.487 e. The van der Waals surface area contributed by atoms with Crippen LogP contribution < -0.4 is 15.9 Å². The molecule has 5 rings (SSSR count). The van der Waals surface area contributed by atoms with Crippen molar-refractivity contribution >= 4 is 56.2 Å². The van der Waals surface area contributed by atoms with Gasteiger partial charge in [0.15, 0.2) is 0 Å². The molecule has 4 aromatic rings. The van der Waals surface area contributed by atoms with E-state index in [0.29, 0.717) is 40.9 Å². The lowest BCUT2D eigenvalue weighted by molar-refractivity contribution is -0.124. The number of benzene rings is 2. The van der Waals surface area contributed by atoms with Crippen LogP contribution in [0, 0.1) is 13.8 Å². The van der Waals surface area contributed by atoms with E-state index < -0.39 is 22.0 Å². The Morgan fingerprint density at radius 1 is 1.21 bits per heavy atom. The maximum atomic E-state index is 13.9. The number of nitrogens with one attached hydrogen (secondary N) is 1. The molecule has 0 bridgehead atoms. The maximum Gasteiger partial charge on any atom is 0.245 e. The van der Waals surface area contributed by atoms with Crippen molar-refractivity contribution in [2.75, 3.05) is 6.54 Å². The number of sulfonamides is 1. The number of pyridine rings is 2. The van der Waals surface area contributed by atoms with Gasteiger partial charge in [0, 0.05) is 40.0 Å². The number of ether oxygens (including phenoxy) is 1. The molecule has 43 heavy (non-hydrogen) atoms. The van der Waals surface area contributed by atoms with Gasteiger partial charge in [-0.2, -0.15) is 9.41 Å². The molecule has 2 aromatic carbocycles. The number of carbonyl (C=O) groups excluding carboxylic acids is 1. The van der Waals surface area contributed by atoms with Crippen molar-refractivity contribution in [1.82, 2.24) is 19.6 Å². The molecular weight excluding hydrogens is 611 g/mol. The van der Waals surface area contributed by atoms with Crippen LogP contribution in [0.4, 0.5) is 0 Å². The lowest BCUT2D eigenvalue weighted by Crippen LogP contribution is -2.45. The van der Waals surface area contributed by atoms with Gasteiger partial charge in [-0.1, -0.05) is 35.3 Å². The topological polar surface area (TPSA) is 140 Å². The first-order chi connectivity index (χ1) is 20.6. The van der Waals surface area contributed by atoms with Gasteiger partial charge in [-0.15, -0.1) is 0 Å². The highest BCUT2D eigenvalue weighted by molar-refractivity contribution is 7.89. The molecule has 0 radical (unpaired) electrons. The summed E-state index contributed by atoms with van der Waals surface area (Å²) < 4.78 is 35.0. The number of aromatic nitrogens is 2. The quantitative estimate of drug-likeness (QED) is 0.151. The Morgan fingerprint density at radius 2 is 2.02 bits per heavy atom. The van der Waals surface area contributed by atoms with Crippen LogP contribution in [0.2, 0.25) is 10.0 Å². The van der Waals surface area contributed by atoms with Crippen LogP contribution in [-0.2, 0) is 28.0 Å². The summed E-state index contributed by atoms with van der Waals surface area (Å²) in [4.78, 5) is 21.9. The number of para-hydroxylation sites is 1. The number of rotatable bonds is 9. The number of halogens is 2. The van der Waals surface area contributed by atoms with Crippen molar-refractivity contribution in [3.05, 3.63) is 92.9 Å². The lowest BCUT2D eigenvalue weighted by atomic mass is 10.1. The second kappa shape index (κ2) is 12.8. The molecule has 1 aliphatic rings. The van der Waals surface area contributed by atoms with Crippen LogP contribution in [0.25, 0.3) is 10.9 Å². The minimum atomic E-state index is -4.15. The molecule has 1 amide bonds. The second-order valence-corrected chi connectivity index (χ2v) is 12.9. The standard InChI is InChI=1S/C30H30Cl2N6O4S/c1-18-13-19(2)37-29-22(18)5-3-7-26(29)42-17-23-24(31)10-11-27(28(23)32)43(40,41)38-12-4-6-25(38)30(39)35-16-21-9-8-20(14-34-21)15-36-33/h3,5,7-11,13-15,25H,4,6,12,16-17,33H2,1-2H3,(H,35,39)/t25-/m0/s1. The predicted molar refractivity (Wildman–Crippen MR) is 167 cm³/mol. The zero-order valence-corrected chi connectivity index (χ0v) is 25.9.